The highest BCUT2D eigenvalue weighted by molar-refractivity contribution is 5.37. The van der Waals surface area contributed by atoms with Gasteiger partial charge in [-0.3, -0.25) is 4.79 Å². The lowest BCUT2D eigenvalue weighted by Gasteiger charge is -2.45. The predicted molar refractivity (Wildman–Crippen MR) is 69.8 cm³/mol. The van der Waals surface area contributed by atoms with Crippen molar-refractivity contribution in [2.45, 2.75) is 33.6 Å². The van der Waals surface area contributed by atoms with Gasteiger partial charge in [0.05, 0.1) is 13.2 Å². The molecule has 0 aromatic carbocycles. The Bertz CT molecular complexity index is 348. The molecule has 102 valence electrons. The molecule has 1 saturated carbocycles. The molecule has 4 unspecified atom stereocenters. The van der Waals surface area contributed by atoms with Crippen molar-refractivity contribution < 1.29 is 14.6 Å². The van der Waals surface area contributed by atoms with E-state index in [4.69, 9.17) is 4.74 Å². The van der Waals surface area contributed by atoms with Crippen LogP contribution in [0.2, 0.25) is 0 Å². The summed E-state index contributed by atoms with van der Waals surface area (Å²) in [6.07, 6.45) is 4.55. The van der Waals surface area contributed by atoms with Crippen LogP contribution in [0, 0.1) is 29.1 Å². The highest BCUT2D eigenvalue weighted by Crippen LogP contribution is 2.58. The molecule has 0 aromatic heterocycles. The lowest BCUT2D eigenvalue weighted by Crippen LogP contribution is -2.41. The maximum atomic E-state index is 10.5. The number of hydrogen-bond acceptors (Lipinski definition) is 3. The molecule has 18 heavy (non-hydrogen) atoms. The Morgan fingerprint density at radius 3 is 2.89 bits per heavy atom. The average Bonchev–Trinajstić information content (AvgIpc) is 2.50. The molecule has 0 amide bonds. The first-order valence-corrected chi connectivity index (χ1v) is 6.92. The van der Waals surface area contributed by atoms with Gasteiger partial charge in [-0.2, -0.15) is 0 Å². The summed E-state index contributed by atoms with van der Waals surface area (Å²) in [4.78, 5) is 10.5. The van der Waals surface area contributed by atoms with Crippen LogP contribution in [0.25, 0.3) is 0 Å². The average molecular weight is 252 g/mol. The zero-order valence-corrected chi connectivity index (χ0v) is 11.6. The minimum Gasteiger partial charge on any atom is -0.468 e. The molecular formula is C15H24O3. The van der Waals surface area contributed by atoms with Gasteiger partial charge in [-0.15, -0.1) is 0 Å². The quantitative estimate of drug-likeness (QED) is 0.603. The molecule has 2 aliphatic rings. The largest absolute Gasteiger partial charge is 0.468 e. The van der Waals surface area contributed by atoms with E-state index in [0.29, 0.717) is 36.8 Å². The number of fused-ring (bicyclic) bond motifs is 2. The van der Waals surface area contributed by atoms with E-state index in [0.717, 1.165) is 12.0 Å². The summed E-state index contributed by atoms with van der Waals surface area (Å²) in [7, 11) is 0. The van der Waals surface area contributed by atoms with Gasteiger partial charge < -0.3 is 9.84 Å². The number of hydrogen-bond donors (Lipinski definition) is 1. The molecule has 2 rings (SSSR count). The van der Waals surface area contributed by atoms with E-state index < -0.39 is 0 Å². The van der Waals surface area contributed by atoms with Gasteiger partial charge in [-0.05, 0) is 41.6 Å². The van der Waals surface area contributed by atoms with Crippen LogP contribution in [-0.4, -0.2) is 24.8 Å². The fraction of sp³-hybridized carbons (Fsp3) is 0.800. The van der Waals surface area contributed by atoms with Crippen LogP contribution >= 0.6 is 0 Å². The number of ether oxygens (including phenoxy) is 1. The fourth-order valence-electron chi connectivity index (χ4n) is 4.08. The summed E-state index contributed by atoms with van der Waals surface area (Å²) in [6.45, 7) is 7.89. The van der Waals surface area contributed by atoms with E-state index >= 15 is 0 Å². The normalized spacial score (nSPS) is 38.7. The molecule has 0 aliphatic heterocycles. The number of carbonyl (C=O) groups is 1. The zero-order valence-electron chi connectivity index (χ0n) is 11.6. The van der Waals surface area contributed by atoms with Gasteiger partial charge in [0.15, 0.2) is 0 Å². The van der Waals surface area contributed by atoms with Crippen molar-refractivity contribution >= 4 is 6.47 Å². The van der Waals surface area contributed by atoms with E-state index in [1.165, 1.54) is 6.42 Å². The van der Waals surface area contributed by atoms with E-state index in [2.05, 4.69) is 26.8 Å². The maximum absolute atomic E-state index is 10.5. The maximum Gasteiger partial charge on any atom is 0.293 e. The number of aliphatic hydroxyl groups excluding tert-OH is 1. The molecule has 3 heteroatoms. The van der Waals surface area contributed by atoms with Crippen molar-refractivity contribution in [1.82, 2.24) is 0 Å². The van der Waals surface area contributed by atoms with Crippen molar-refractivity contribution in [3.8, 4) is 0 Å². The summed E-state index contributed by atoms with van der Waals surface area (Å²) in [6, 6.07) is 0. The number of allylic oxidation sites excluding steroid dienone is 1. The third kappa shape index (κ3) is 1.99. The smallest absolute Gasteiger partial charge is 0.293 e. The summed E-state index contributed by atoms with van der Waals surface area (Å²) >= 11 is 0. The highest BCUT2D eigenvalue weighted by Gasteiger charge is 2.52. The van der Waals surface area contributed by atoms with Crippen LogP contribution in [-0.2, 0) is 9.53 Å². The molecule has 3 nitrogen and oxygen atoms in total. The van der Waals surface area contributed by atoms with Crippen molar-refractivity contribution in [2.24, 2.45) is 29.1 Å². The Labute approximate surface area is 109 Å². The summed E-state index contributed by atoms with van der Waals surface area (Å²) in [5.41, 5.74) is 1.17. The Morgan fingerprint density at radius 2 is 2.33 bits per heavy atom. The van der Waals surface area contributed by atoms with Crippen LogP contribution in [0.4, 0.5) is 0 Å². The van der Waals surface area contributed by atoms with Gasteiger partial charge in [0.2, 0.25) is 0 Å². The van der Waals surface area contributed by atoms with Crippen molar-refractivity contribution in [3.63, 3.8) is 0 Å². The molecule has 1 fully saturated rings. The van der Waals surface area contributed by atoms with E-state index in [9.17, 15) is 9.90 Å². The van der Waals surface area contributed by atoms with Crippen molar-refractivity contribution in [1.29, 1.82) is 0 Å². The summed E-state index contributed by atoms with van der Waals surface area (Å²) in [5.74, 6) is 2.06. The Hall–Kier alpha value is -0.830. The summed E-state index contributed by atoms with van der Waals surface area (Å²) in [5, 5.41) is 9.57. The second kappa shape index (κ2) is 5.04. The van der Waals surface area contributed by atoms with Crippen molar-refractivity contribution in [3.05, 3.63) is 11.6 Å². The van der Waals surface area contributed by atoms with Gasteiger partial charge in [-0.1, -0.05) is 26.8 Å². The first-order valence-electron chi connectivity index (χ1n) is 6.92. The van der Waals surface area contributed by atoms with Gasteiger partial charge in [-0.25, -0.2) is 0 Å². The molecule has 1 N–H and O–H groups in total. The van der Waals surface area contributed by atoms with E-state index in [1.807, 2.05) is 0 Å². The lowest BCUT2D eigenvalue weighted by molar-refractivity contribution is -0.132. The van der Waals surface area contributed by atoms with Crippen LogP contribution in [0.5, 0.6) is 0 Å². The second-order valence-electron chi connectivity index (χ2n) is 6.33. The monoisotopic (exact) mass is 252 g/mol. The molecule has 0 aromatic rings. The van der Waals surface area contributed by atoms with Crippen LogP contribution in [0.15, 0.2) is 11.6 Å². The molecule has 0 heterocycles. The third-order valence-corrected chi connectivity index (χ3v) is 5.27. The zero-order chi connectivity index (χ0) is 13.3. The topological polar surface area (TPSA) is 46.5 Å². The minimum absolute atomic E-state index is 0.0216. The van der Waals surface area contributed by atoms with Crippen LogP contribution < -0.4 is 0 Å². The number of aliphatic hydroxyl groups is 1. The molecule has 2 bridgehead atoms. The molecule has 4 atom stereocenters. The molecular weight excluding hydrogens is 228 g/mol. The fourth-order valence-corrected chi connectivity index (χ4v) is 4.08. The number of rotatable bonds is 5. The van der Waals surface area contributed by atoms with E-state index in [1.54, 1.807) is 0 Å². The van der Waals surface area contributed by atoms with Gasteiger partial charge in [0.25, 0.3) is 6.47 Å². The van der Waals surface area contributed by atoms with Gasteiger partial charge in [0.1, 0.15) is 0 Å². The second-order valence-corrected chi connectivity index (χ2v) is 6.33. The van der Waals surface area contributed by atoms with Crippen LogP contribution in [0.1, 0.15) is 33.6 Å². The first kappa shape index (κ1) is 13.6. The molecule has 0 radical (unpaired) electrons. The Morgan fingerprint density at radius 1 is 1.61 bits per heavy atom. The van der Waals surface area contributed by atoms with Crippen LogP contribution in [0.3, 0.4) is 0 Å². The minimum atomic E-state index is 0.0216. The molecule has 2 aliphatic carbocycles. The standard InChI is InChI=1S/C15H24O3/c1-10(2)12-4-5-15(3)11(7-16)6-13(12)14(15)8-18-9-17/h6,9-10,12-14,16H,4-5,7-8H2,1-3H3. The van der Waals surface area contributed by atoms with Gasteiger partial charge in [0, 0.05) is 5.92 Å². The molecule has 0 spiro atoms. The van der Waals surface area contributed by atoms with E-state index in [-0.39, 0.29) is 12.0 Å². The first-order chi connectivity index (χ1) is 8.54. The number of carbonyl (C=O) groups excluding carboxylic acids is 1. The highest BCUT2D eigenvalue weighted by atomic mass is 16.5. The predicted octanol–water partition coefficient (Wildman–Crippen LogP) is 2.40. The molecule has 0 saturated heterocycles. The van der Waals surface area contributed by atoms with Crippen molar-refractivity contribution in [2.75, 3.05) is 13.2 Å². The third-order valence-electron chi connectivity index (χ3n) is 5.27. The lowest BCUT2D eigenvalue weighted by atomic mass is 9.60. The Kier molecular flexibility index (Phi) is 3.81. The Balaban J connectivity index is 2.26. The summed E-state index contributed by atoms with van der Waals surface area (Å²) < 4.78 is 5.04. The van der Waals surface area contributed by atoms with Gasteiger partial charge >= 0.3 is 0 Å². The SMILES string of the molecule is CC(C)C1CCC2(C)C(CO)=CC1C2COC=O.